The Morgan fingerprint density at radius 3 is 2.71 bits per heavy atom. The summed E-state index contributed by atoms with van der Waals surface area (Å²) in [6, 6.07) is 3.56. The fourth-order valence-corrected chi connectivity index (χ4v) is 3.08. The van der Waals surface area contributed by atoms with Gasteiger partial charge < -0.3 is 15.1 Å². The van der Waals surface area contributed by atoms with Crippen molar-refractivity contribution in [3.63, 3.8) is 0 Å². The van der Waals surface area contributed by atoms with E-state index < -0.39 is 11.6 Å². The number of hydrogen-bond donors (Lipinski definition) is 1. The number of carbonyl (C=O) groups is 1. The van der Waals surface area contributed by atoms with E-state index >= 15 is 0 Å². The Kier molecular flexibility index (Phi) is 4.05. The van der Waals surface area contributed by atoms with E-state index in [1.165, 1.54) is 0 Å². The van der Waals surface area contributed by atoms with Crippen LogP contribution in [0.25, 0.3) is 0 Å². The molecule has 21 heavy (non-hydrogen) atoms. The van der Waals surface area contributed by atoms with Gasteiger partial charge in [-0.3, -0.25) is 0 Å². The average molecular weight is 295 g/mol. The Morgan fingerprint density at radius 2 is 1.95 bits per heavy atom. The third kappa shape index (κ3) is 3.00. The zero-order chi connectivity index (χ0) is 14.8. The number of hydrogen-bond acceptors (Lipinski definition) is 2. The van der Waals surface area contributed by atoms with Gasteiger partial charge in [0.15, 0.2) is 0 Å². The minimum absolute atomic E-state index is 0.0643. The largest absolute Gasteiger partial charge is 0.320 e. The molecule has 2 fully saturated rings. The third-order valence-electron chi connectivity index (χ3n) is 4.25. The first kappa shape index (κ1) is 14.3. The van der Waals surface area contributed by atoms with Gasteiger partial charge in [-0.05, 0) is 44.1 Å². The van der Waals surface area contributed by atoms with E-state index in [0.29, 0.717) is 13.1 Å². The normalized spacial score (nSPS) is 20.4. The van der Waals surface area contributed by atoms with Crippen molar-refractivity contribution in [1.82, 2.24) is 15.1 Å². The number of benzene rings is 1. The molecule has 6 heteroatoms. The molecule has 0 aromatic heterocycles. The first-order valence-electron chi connectivity index (χ1n) is 7.35. The zero-order valence-corrected chi connectivity index (χ0v) is 11.8. The Labute approximate surface area is 122 Å². The number of nitrogens with zero attached hydrogens (tertiary/aromatic N) is 2. The van der Waals surface area contributed by atoms with Gasteiger partial charge in [0.05, 0.1) is 6.54 Å². The molecule has 1 N–H and O–H groups in total. The van der Waals surface area contributed by atoms with E-state index in [-0.39, 0.29) is 24.2 Å². The van der Waals surface area contributed by atoms with Gasteiger partial charge >= 0.3 is 6.03 Å². The van der Waals surface area contributed by atoms with Gasteiger partial charge in [0, 0.05) is 24.7 Å². The summed E-state index contributed by atoms with van der Waals surface area (Å²) in [4.78, 5) is 15.9. The Balaban J connectivity index is 1.67. The molecule has 0 bridgehead atoms. The molecule has 2 aliphatic heterocycles. The van der Waals surface area contributed by atoms with Crippen molar-refractivity contribution in [2.24, 2.45) is 0 Å². The van der Waals surface area contributed by atoms with Crippen LogP contribution in [0.1, 0.15) is 18.4 Å². The van der Waals surface area contributed by atoms with E-state index in [0.717, 1.165) is 44.1 Å². The van der Waals surface area contributed by atoms with Crippen LogP contribution < -0.4 is 5.32 Å². The molecule has 0 saturated carbocycles. The maximum absolute atomic E-state index is 13.7. The molecule has 114 valence electrons. The molecule has 2 amide bonds. The van der Waals surface area contributed by atoms with Gasteiger partial charge in [-0.2, -0.15) is 0 Å². The molecule has 2 heterocycles. The topological polar surface area (TPSA) is 35.6 Å². The minimum Gasteiger partial charge on any atom is -0.320 e. The second-order valence-corrected chi connectivity index (χ2v) is 5.61. The molecule has 2 saturated heterocycles. The zero-order valence-electron chi connectivity index (χ0n) is 11.8. The summed E-state index contributed by atoms with van der Waals surface area (Å²) >= 11 is 0. The number of carbonyl (C=O) groups excluding carboxylic acids is 1. The highest BCUT2D eigenvalue weighted by Crippen LogP contribution is 2.21. The fraction of sp³-hybridized carbons (Fsp3) is 0.533. The number of amides is 2. The SMILES string of the molecule is O=C1N(Cc2cc(F)ccc2F)CCN1C1CCNCC1. The van der Waals surface area contributed by atoms with Crippen LogP contribution in [0, 0.1) is 11.6 Å². The molecule has 1 aromatic rings. The quantitative estimate of drug-likeness (QED) is 0.925. The fourth-order valence-electron chi connectivity index (χ4n) is 3.08. The molecule has 3 rings (SSSR count). The summed E-state index contributed by atoms with van der Waals surface area (Å²) in [5, 5.41) is 3.27. The molecule has 2 aliphatic rings. The number of urea groups is 1. The van der Waals surface area contributed by atoms with E-state index in [1.54, 1.807) is 4.90 Å². The maximum Gasteiger partial charge on any atom is 0.320 e. The van der Waals surface area contributed by atoms with Gasteiger partial charge in [0.2, 0.25) is 0 Å². The van der Waals surface area contributed by atoms with Crippen molar-refractivity contribution in [3.05, 3.63) is 35.4 Å². The average Bonchev–Trinajstić information content (AvgIpc) is 2.85. The summed E-state index contributed by atoms with van der Waals surface area (Å²) in [7, 11) is 0. The predicted octanol–water partition coefficient (Wildman–Crippen LogP) is 1.95. The lowest BCUT2D eigenvalue weighted by Crippen LogP contribution is -2.45. The third-order valence-corrected chi connectivity index (χ3v) is 4.25. The molecule has 4 nitrogen and oxygen atoms in total. The van der Waals surface area contributed by atoms with Gasteiger partial charge in [-0.15, -0.1) is 0 Å². The molecule has 1 aromatic carbocycles. The van der Waals surface area contributed by atoms with Crippen LogP contribution >= 0.6 is 0 Å². The van der Waals surface area contributed by atoms with E-state index in [2.05, 4.69) is 5.32 Å². The second kappa shape index (κ2) is 5.97. The predicted molar refractivity (Wildman–Crippen MR) is 74.8 cm³/mol. The summed E-state index contributed by atoms with van der Waals surface area (Å²) in [6.07, 6.45) is 1.90. The van der Waals surface area contributed by atoms with Crippen LogP contribution in [-0.2, 0) is 6.54 Å². The molecule has 0 atom stereocenters. The first-order chi connectivity index (χ1) is 10.1. The lowest BCUT2D eigenvalue weighted by Gasteiger charge is -2.31. The van der Waals surface area contributed by atoms with Gasteiger partial charge in [-0.1, -0.05) is 0 Å². The highest BCUT2D eigenvalue weighted by molar-refractivity contribution is 5.77. The molecule has 0 spiro atoms. The van der Waals surface area contributed by atoms with Crippen molar-refractivity contribution in [3.8, 4) is 0 Å². The van der Waals surface area contributed by atoms with Gasteiger partial charge in [0.1, 0.15) is 11.6 Å². The number of halogens is 2. The van der Waals surface area contributed by atoms with E-state index in [1.807, 2.05) is 4.90 Å². The summed E-state index contributed by atoms with van der Waals surface area (Å²) in [6.45, 7) is 3.21. The van der Waals surface area contributed by atoms with Crippen molar-refractivity contribution < 1.29 is 13.6 Å². The lowest BCUT2D eigenvalue weighted by atomic mass is 10.1. The van der Waals surface area contributed by atoms with Gasteiger partial charge in [0.25, 0.3) is 0 Å². The van der Waals surface area contributed by atoms with Crippen LogP contribution in [0.3, 0.4) is 0 Å². The van der Waals surface area contributed by atoms with E-state index in [9.17, 15) is 13.6 Å². The monoisotopic (exact) mass is 295 g/mol. The van der Waals surface area contributed by atoms with Crippen LogP contribution in [-0.4, -0.2) is 48.1 Å². The molecule has 0 unspecified atom stereocenters. The maximum atomic E-state index is 13.7. The minimum atomic E-state index is -0.478. The Bertz CT molecular complexity index is 532. The number of piperidine rings is 1. The van der Waals surface area contributed by atoms with Crippen LogP contribution in [0.4, 0.5) is 13.6 Å². The molecular formula is C15H19F2N3O. The van der Waals surface area contributed by atoms with Crippen LogP contribution in [0.5, 0.6) is 0 Å². The van der Waals surface area contributed by atoms with Crippen molar-refractivity contribution in [2.75, 3.05) is 26.2 Å². The highest BCUT2D eigenvalue weighted by atomic mass is 19.1. The Morgan fingerprint density at radius 1 is 1.19 bits per heavy atom. The highest BCUT2D eigenvalue weighted by Gasteiger charge is 2.34. The van der Waals surface area contributed by atoms with Crippen LogP contribution in [0.2, 0.25) is 0 Å². The summed E-state index contributed by atoms with van der Waals surface area (Å²) in [5.41, 5.74) is 0.232. The van der Waals surface area contributed by atoms with Crippen molar-refractivity contribution in [1.29, 1.82) is 0 Å². The van der Waals surface area contributed by atoms with Crippen LogP contribution in [0.15, 0.2) is 18.2 Å². The van der Waals surface area contributed by atoms with E-state index in [4.69, 9.17) is 0 Å². The first-order valence-corrected chi connectivity index (χ1v) is 7.35. The molecule has 0 radical (unpaired) electrons. The van der Waals surface area contributed by atoms with Crippen molar-refractivity contribution in [2.45, 2.75) is 25.4 Å². The molecular weight excluding hydrogens is 276 g/mol. The lowest BCUT2D eigenvalue weighted by molar-refractivity contribution is 0.164. The smallest absolute Gasteiger partial charge is 0.320 e. The second-order valence-electron chi connectivity index (χ2n) is 5.61. The number of rotatable bonds is 3. The van der Waals surface area contributed by atoms with Crippen molar-refractivity contribution >= 4 is 6.03 Å². The summed E-state index contributed by atoms with van der Waals surface area (Å²) in [5.74, 6) is -0.947. The standard InChI is InChI=1S/C15H19F2N3O/c16-12-1-2-14(17)11(9-12)10-19-7-8-20(15(19)21)13-3-5-18-6-4-13/h1-2,9,13,18H,3-8,10H2. The number of nitrogens with one attached hydrogen (secondary N) is 1. The summed E-state index contributed by atoms with van der Waals surface area (Å²) < 4.78 is 26.9. The molecule has 0 aliphatic carbocycles. The Hall–Kier alpha value is -1.69. The van der Waals surface area contributed by atoms with Gasteiger partial charge in [-0.25, -0.2) is 13.6 Å².